The molecular weight excluding hydrogens is 282 g/mol. The van der Waals surface area contributed by atoms with Gasteiger partial charge in [0.1, 0.15) is 5.75 Å². The number of rotatable bonds is 6. The predicted molar refractivity (Wildman–Crippen MR) is 87.2 cm³/mol. The van der Waals surface area contributed by atoms with Gasteiger partial charge in [0.05, 0.1) is 17.5 Å². The van der Waals surface area contributed by atoms with E-state index in [1.165, 1.54) is 4.88 Å². The van der Waals surface area contributed by atoms with Gasteiger partial charge in [0.15, 0.2) is 0 Å². The average molecular weight is 303 g/mol. The van der Waals surface area contributed by atoms with Crippen LogP contribution in [0.5, 0.6) is 5.75 Å². The fourth-order valence-electron chi connectivity index (χ4n) is 2.06. The Bertz CT molecular complexity index is 589. The quantitative estimate of drug-likeness (QED) is 0.868. The monoisotopic (exact) mass is 303 g/mol. The Morgan fingerprint density at radius 1 is 1.19 bits per heavy atom. The summed E-state index contributed by atoms with van der Waals surface area (Å²) in [7, 11) is 0. The normalized spacial score (nSPS) is 12.0. The molecule has 0 aliphatic heterocycles. The number of hydrogen-bond acceptors (Lipinski definition) is 3. The molecule has 112 valence electrons. The van der Waals surface area contributed by atoms with Crippen molar-refractivity contribution in [3.63, 3.8) is 0 Å². The summed E-state index contributed by atoms with van der Waals surface area (Å²) in [6.45, 7) is 6.70. The third kappa shape index (κ3) is 4.08. The first kappa shape index (κ1) is 15.6. The smallest absolute Gasteiger partial charge is 0.261 e. The maximum absolute atomic E-state index is 12.2. The molecule has 2 aromatic rings. The van der Waals surface area contributed by atoms with E-state index in [2.05, 4.69) is 12.2 Å². The van der Waals surface area contributed by atoms with Gasteiger partial charge in [-0.3, -0.25) is 4.79 Å². The van der Waals surface area contributed by atoms with E-state index in [0.29, 0.717) is 6.61 Å². The second-order valence-corrected chi connectivity index (χ2v) is 5.99. The van der Waals surface area contributed by atoms with E-state index in [1.54, 1.807) is 11.3 Å². The minimum atomic E-state index is -0.0275. The van der Waals surface area contributed by atoms with Gasteiger partial charge in [0.25, 0.3) is 5.91 Å². The molecule has 0 bridgehead atoms. The van der Waals surface area contributed by atoms with E-state index in [4.69, 9.17) is 4.74 Å². The summed E-state index contributed by atoms with van der Waals surface area (Å²) in [5, 5.41) is 3.03. The fourth-order valence-corrected chi connectivity index (χ4v) is 2.91. The van der Waals surface area contributed by atoms with Crippen LogP contribution in [0.25, 0.3) is 0 Å². The number of benzene rings is 1. The summed E-state index contributed by atoms with van der Waals surface area (Å²) in [5.74, 6) is 0.840. The third-order valence-corrected chi connectivity index (χ3v) is 4.50. The van der Waals surface area contributed by atoms with Crippen LogP contribution in [0.1, 0.15) is 46.9 Å². The molecule has 1 amide bonds. The van der Waals surface area contributed by atoms with E-state index in [1.807, 2.05) is 50.2 Å². The number of amides is 1. The van der Waals surface area contributed by atoms with Crippen molar-refractivity contribution in [3.05, 3.63) is 51.7 Å². The molecule has 0 aliphatic carbocycles. The molecule has 0 spiro atoms. The van der Waals surface area contributed by atoms with E-state index in [0.717, 1.165) is 22.6 Å². The van der Waals surface area contributed by atoms with Gasteiger partial charge in [-0.05, 0) is 50.1 Å². The third-order valence-electron chi connectivity index (χ3n) is 3.27. The molecule has 0 aliphatic rings. The minimum Gasteiger partial charge on any atom is -0.494 e. The van der Waals surface area contributed by atoms with Crippen molar-refractivity contribution in [3.8, 4) is 5.75 Å². The molecule has 0 saturated heterocycles. The van der Waals surface area contributed by atoms with Crippen LogP contribution < -0.4 is 10.1 Å². The van der Waals surface area contributed by atoms with Gasteiger partial charge in [-0.1, -0.05) is 19.1 Å². The summed E-state index contributed by atoms with van der Waals surface area (Å²) in [5.41, 5.74) is 1.07. The Kier molecular flexibility index (Phi) is 5.39. The Labute approximate surface area is 130 Å². The van der Waals surface area contributed by atoms with Crippen LogP contribution in [0.3, 0.4) is 0 Å². The molecule has 3 nitrogen and oxygen atoms in total. The van der Waals surface area contributed by atoms with Crippen molar-refractivity contribution in [2.24, 2.45) is 0 Å². The zero-order valence-electron chi connectivity index (χ0n) is 12.7. The SMILES string of the molecule is CCOc1ccc(C(C)NC(=O)c2ccc(CC)s2)cc1. The lowest BCUT2D eigenvalue weighted by Crippen LogP contribution is -2.25. The van der Waals surface area contributed by atoms with Crippen LogP contribution in [-0.2, 0) is 6.42 Å². The first-order valence-electron chi connectivity index (χ1n) is 7.26. The van der Waals surface area contributed by atoms with Crippen LogP contribution in [0.4, 0.5) is 0 Å². The molecule has 1 aromatic carbocycles. The molecule has 1 heterocycles. The van der Waals surface area contributed by atoms with E-state index in [9.17, 15) is 4.79 Å². The fraction of sp³-hybridized carbons (Fsp3) is 0.353. The highest BCUT2D eigenvalue weighted by Crippen LogP contribution is 2.20. The van der Waals surface area contributed by atoms with Crippen molar-refractivity contribution in [2.45, 2.75) is 33.2 Å². The van der Waals surface area contributed by atoms with Crippen LogP contribution in [0, 0.1) is 0 Å². The zero-order valence-corrected chi connectivity index (χ0v) is 13.5. The molecule has 1 N–H and O–H groups in total. The predicted octanol–water partition coefficient (Wildman–Crippen LogP) is 4.20. The van der Waals surface area contributed by atoms with E-state index in [-0.39, 0.29) is 11.9 Å². The lowest BCUT2D eigenvalue weighted by molar-refractivity contribution is 0.0944. The lowest BCUT2D eigenvalue weighted by Gasteiger charge is -2.14. The molecule has 1 aromatic heterocycles. The highest BCUT2D eigenvalue weighted by atomic mass is 32.1. The van der Waals surface area contributed by atoms with Gasteiger partial charge < -0.3 is 10.1 Å². The summed E-state index contributed by atoms with van der Waals surface area (Å²) >= 11 is 1.56. The minimum absolute atomic E-state index is 0.0129. The van der Waals surface area contributed by atoms with Crippen molar-refractivity contribution in [1.82, 2.24) is 5.32 Å². The van der Waals surface area contributed by atoms with Crippen molar-refractivity contribution < 1.29 is 9.53 Å². The Hall–Kier alpha value is -1.81. The molecular formula is C17H21NO2S. The van der Waals surface area contributed by atoms with Crippen LogP contribution in [0.2, 0.25) is 0 Å². The number of carbonyl (C=O) groups is 1. The first-order chi connectivity index (χ1) is 10.1. The van der Waals surface area contributed by atoms with E-state index < -0.39 is 0 Å². The van der Waals surface area contributed by atoms with Gasteiger partial charge in [0, 0.05) is 4.88 Å². The molecule has 1 unspecified atom stereocenters. The molecule has 21 heavy (non-hydrogen) atoms. The largest absolute Gasteiger partial charge is 0.494 e. The Morgan fingerprint density at radius 2 is 1.90 bits per heavy atom. The van der Waals surface area contributed by atoms with Crippen molar-refractivity contribution in [2.75, 3.05) is 6.61 Å². The summed E-state index contributed by atoms with van der Waals surface area (Å²) in [6, 6.07) is 11.7. The van der Waals surface area contributed by atoms with Crippen LogP contribution in [-0.4, -0.2) is 12.5 Å². The average Bonchev–Trinajstić information content (AvgIpc) is 2.97. The number of carbonyl (C=O) groups excluding carboxylic acids is 1. The standard InChI is InChI=1S/C17H21NO2S/c1-4-15-10-11-16(21-15)17(19)18-12(3)13-6-8-14(9-7-13)20-5-2/h6-12H,4-5H2,1-3H3,(H,18,19). The van der Waals surface area contributed by atoms with Crippen LogP contribution in [0.15, 0.2) is 36.4 Å². The maximum atomic E-state index is 12.2. The van der Waals surface area contributed by atoms with Gasteiger partial charge in [-0.15, -0.1) is 11.3 Å². The van der Waals surface area contributed by atoms with E-state index >= 15 is 0 Å². The highest BCUT2D eigenvalue weighted by Gasteiger charge is 2.13. The number of thiophene rings is 1. The summed E-state index contributed by atoms with van der Waals surface area (Å²) in [4.78, 5) is 14.2. The molecule has 4 heteroatoms. The Balaban J connectivity index is 1.99. The molecule has 0 fully saturated rings. The number of nitrogens with one attached hydrogen (secondary N) is 1. The number of ether oxygens (including phenoxy) is 1. The first-order valence-corrected chi connectivity index (χ1v) is 8.08. The number of aryl methyl sites for hydroxylation is 1. The van der Waals surface area contributed by atoms with Gasteiger partial charge in [0.2, 0.25) is 0 Å². The second-order valence-electron chi connectivity index (χ2n) is 4.82. The topological polar surface area (TPSA) is 38.3 Å². The summed E-state index contributed by atoms with van der Waals surface area (Å²) < 4.78 is 5.42. The summed E-state index contributed by atoms with van der Waals surface area (Å²) in [6.07, 6.45) is 0.965. The van der Waals surface area contributed by atoms with Crippen molar-refractivity contribution in [1.29, 1.82) is 0 Å². The zero-order chi connectivity index (χ0) is 15.2. The Morgan fingerprint density at radius 3 is 2.48 bits per heavy atom. The van der Waals surface area contributed by atoms with Crippen molar-refractivity contribution >= 4 is 17.2 Å². The molecule has 0 radical (unpaired) electrons. The second kappa shape index (κ2) is 7.27. The van der Waals surface area contributed by atoms with Gasteiger partial charge in [-0.25, -0.2) is 0 Å². The number of hydrogen-bond donors (Lipinski definition) is 1. The molecule has 2 rings (SSSR count). The molecule has 1 atom stereocenters. The van der Waals surface area contributed by atoms with Crippen LogP contribution >= 0.6 is 11.3 Å². The van der Waals surface area contributed by atoms with Gasteiger partial charge in [-0.2, -0.15) is 0 Å². The van der Waals surface area contributed by atoms with Gasteiger partial charge >= 0.3 is 0 Å². The molecule has 0 saturated carbocycles. The maximum Gasteiger partial charge on any atom is 0.261 e. The lowest BCUT2D eigenvalue weighted by atomic mass is 10.1. The highest BCUT2D eigenvalue weighted by molar-refractivity contribution is 7.14.